The van der Waals surface area contributed by atoms with Gasteiger partial charge in [0.1, 0.15) is 12.4 Å². The number of alkyl halides is 1. The summed E-state index contributed by atoms with van der Waals surface area (Å²) in [7, 11) is 0. The van der Waals surface area contributed by atoms with Crippen LogP contribution < -0.4 is 10.8 Å². The molecule has 0 aromatic heterocycles. The molecule has 5 aliphatic rings. The summed E-state index contributed by atoms with van der Waals surface area (Å²) in [5.74, 6) is 1.45. The molecule has 0 radical (unpaired) electrons. The fourth-order valence-electron chi connectivity index (χ4n) is 5.93. The van der Waals surface area contributed by atoms with Crippen LogP contribution in [0.5, 0.6) is 0 Å². The Hall–Kier alpha value is -0.800. The molecule has 0 bridgehead atoms. The van der Waals surface area contributed by atoms with E-state index in [9.17, 15) is 9.18 Å². The Bertz CT molecular complexity index is 593. The molecule has 0 aromatic carbocycles. The number of amides is 1. The Morgan fingerprint density at radius 1 is 0.933 bits per heavy atom. The highest BCUT2D eigenvalue weighted by atomic mass is 19.1. The minimum atomic E-state index is -0.748. The van der Waals surface area contributed by atoms with Crippen molar-refractivity contribution in [3.63, 3.8) is 0 Å². The third-order valence-electron chi connectivity index (χ3n) is 8.16. The predicted molar refractivity (Wildman–Crippen MR) is 110 cm³/mol. The van der Waals surface area contributed by atoms with Gasteiger partial charge in [-0.15, -0.1) is 0 Å². The zero-order chi connectivity index (χ0) is 20.5. The third-order valence-corrected chi connectivity index (χ3v) is 8.16. The van der Waals surface area contributed by atoms with E-state index in [1.807, 2.05) is 0 Å². The molecule has 8 heteroatoms. The number of hydrogen-bond acceptors (Lipinski definition) is 6. The smallest absolute Gasteiger partial charge is 0.225 e. The molecule has 2 saturated carbocycles. The number of morpholine rings is 1. The van der Waals surface area contributed by atoms with E-state index in [0.29, 0.717) is 43.3 Å². The Morgan fingerprint density at radius 3 is 2.40 bits per heavy atom. The number of nitrogens with zero attached hydrogens (tertiary/aromatic N) is 2. The van der Waals surface area contributed by atoms with Crippen molar-refractivity contribution in [3.05, 3.63) is 0 Å². The van der Waals surface area contributed by atoms with E-state index in [4.69, 9.17) is 9.57 Å². The van der Waals surface area contributed by atoms with E-state index in [1.54, 1.807) is 0 Å². The van der Waals surface area contributed by atoms with Gasteiger partial charge in [0, 0.05) is 44.1 Å². The second-order valence-corrected chi connectivity index (χ2v) is 9.90. The third kappa shape index (κ3) is 4.39. The van der Waals surface area contributed by atoms with Crippen LogP contribution in [0.1, 0.15) is 51.4 Å². The maximum atomic E-state index is 14.7. The van der Waals surface area contributed by atoms with Gasteiger partial charge in [0.2, 0.25) is 5.91 Å². The molecular formula is C22H37FN4O3. The van der Waals surface area contributed by atoms with Crippen molar-refractivity contribution < 1.29 is 18.8 Å². The van der Waals surface area contributed by atoms with Crippen molar-refractivity contribution in [2.24, 2.45) is 17.8 Å². The lowest BCUT2D eigenvalue weighted by Gasteiger charge is -2.42. The molecule has 3 aliphatic heterocycles. The van der Waals surface area contributed by atoms with Gasteiger partial charge in [-0.2, -0.15) is 5.48 Å². The van der Waals surface area contributed by atoms with Gasteiger partial charge < -0.3 is 9.64 Å². The summed E-state index contributed by atoms with van der Waals surface area (Å²) in [4.78, 5) is 22.8. The number of hydroxylamine groups is 1. The monoisotopic (exact) mass is 424 g/mol. The van der Waals surface area contributed by atoms with Gasteiger partial charge in [-0.05, 0) is 50.9 Å². The highest BCUT2D eigenvalue weighted by Gasteiger charge is 2.43. The van der Waals surface area contributed by atoms with Gasteiger partial charge >= 0.3 is 0 Å². The molecule has 0 aromatic rings. The Labute approximate surface area is 179 Å². The van der Waals surface area contributed by atoms with Crippen LogP contribution in [0.4, 0.5) is 4.39 Å². The minimum Gasteiger partial charge on any atom is -0.379 e. The summed E-state index contributed by atoms with van der Waals surface area (Å²) in [6.07, 6.45) is 7.00. The molecule has 0 spiro atoms. The molecule has 3 heterocycles. The first-order chi connectivity index (χ1) is 14.7. The minimum absolute atomic E-state index is 0.0159. The highest BCUT2D eigenvalue weighted by Crippen LogP contribution is 2.35. The molecule has 7 nitrogen and oxygen atoms in total. The molecule has 5 fully saturated rings. The van der Waals surface area contributed by atoms with Gasteiger partial charge in [0.25, 0.3) is 0 Å². The normalized spacial score (nSPS) is 39.8. The maximum Gasteiger partial charge on any atom is 0.225 e. The van der Waals surface area contributed by atoms with Gasteiger partial charge in [0.15, 0.2) is 0 Å². The lowest BCUT2D eigenvalue weighted by atomic mass is 9.82. The molecule has 5 unspecified atom stereocenters. The first-order valence-corrected chi connectivity index (χ1v) is 12.1. The summed E-state index contributed by atoms with van der Waals surface area (Å²) in [5, 5.41) is 3.66. The molecule has 2 aliphatic carbocycles. The first kappa shape index (κ1) is 21.1. The van der Waals surface area contributed by atoms with E-state index in [1.165, 1.54) is 6.42 Å². The summed E-state index contributed by atoms with van der Waals surface area (Å²) in [5.41, 5.74) is 3.23. The largest absolute Gasteiger partial charge is 0.379 e. The topological polar surface area (TPSA) is 66.1 Å². The second kappa shape index (κ2) is 9.36. The van der Waals surface area contributed by atoms with Crippen molar-refractivity contribution in [1.29, 1.82) is 0 Å². The summed E-state index contributed by atoms with van der Waals surface area (Å²) in [6, 6.07) is -0.0159. The number of hydrogen-bond donors (Lipinski definition) is 2. The highest BCUT2D eigenvalue weighted by molar-refractivity contribution is 5.79. The van der Waals surface area contributed by atoms with Crippen molar-refractivity contribution >= 4 is 5.91 Å². The average molecular weight is 425 g/mol. The number of piperidine rings is 1. The maximum absolute atomic E-state index is 14.7. The van der Waals surface area contributed by atoms with Crippen LogP contribution in [0, 0.1) is 17.8 Å². The number of carbonyl (C=O) groups is 1. The van der Waals surface area contributed by atoms with Crippen LogP contribution in [0.15, 0.2) is 0 Å². The fourth-order valence-corrected chi connectivity index (χ4v) is 5.93. The molecule has 2 N–H and O–H groups in total. The first-order valence-electron chi connectivity index (χ1n) is 12.1. The van der Waals surface area contributed by atoms with Crippen LogP contribution >= 0.6 is 0 Å². The molecule has 3 saturated heterocycles. The molecule has 30 heavy (non-hydrogen) atoms. The van der Waals surface area contributed by atoms with E-state index < -0.39 is 6.17 Å². The molecular weight excluding hydrogens is 387 g/mol. The van der Waals surface area contributed by atoms with Crippen LogP contribution in [-0.2, 0) is 14.4 Å². The quantitative estimate of drug-likeness (QED) is 0.715. The number of carbonyl (C=O) groups excluding carboxylic acids is 1. The van der Waals surface area contributed by atoms with Crippen molar-refractivity contribution in [1.82, 2.24) is 20.6 Å². The van der Waals surface area contributed by atoms with Crippen molar-refractivity contribution in [3.8, 4) is 0 Å². The van der Waals surface area contributed by atoms with Crippen LogP contribution in [-0.4, -0.2) is 79.7 Å². The van der Waals surface area contributed by atoms with Gasteiger partial charge in [-0.25, -0.2) is 4.39 Å². The Kier molecular flexibility index (Phi) is 6.58. The van der Waals surface area contributed by atoms with E-state index in [0.717, 1.165) is 64.7 Å². The predicted octanol–water partition coefficient (Wildman–Crippen LogP) is 1.64. The molecule has 170 valence electrons. The number of nitrogens with one attached hydrogen (secondary N) is 2. The van der Waals surface area contributed by atoms with Crippen molar-refractivity contribution in [2.45, 2.75) is 76.0 Å². The van der Waals surface area contributed by atoms with Crippen LogP contribution in [0.2, 0.25) is 0 Å². The number of ether oxygens (including phenoxy) is 1. The second-order valence-electron chi connectivity index (χ2n) is 9.90. The Balaban J connectivity index is 1.10. The fraction of sp³-hybridized carbons (Fsp3) is 0.955. The van der Waals surface area contributed by atoms with E-state index >= 15 is 0 Å². The van der Waals surface area contributed by atoms with E-state index in [-0.39, 0.29) is 18.4 Å². The summed E-state index contributed by atoms with van der Waals surface area (Å²) >= 11 is 0. The Morgan fingerprint density at radius 2 is 1.70 bits per heavy atom. The zero-order valence-electron chi connectivity index (χ0n) is 17.9. The number of likely N-dealkylation sites (tertiary alicyclic amines) is 1. The van der Waals surface area contributed by atoms with Crippen LogP contribution in [0.3, 0.4) is 0 Å². The molecule has 5 atom stereocenters. The van der Waals surface area contributed by atoms with E-state index in [2.05, 4.69) is 20.6 Å². The summed E-state index contributed by atoms with van der Waals surface area (Å²) < 4.78 is 20.1. The lowest BCUT2D eigenvalue weighted by Crippen LogP contribution is -2.53. The number of halogens is 1. The average Bonchev–Trinajstić information content (AvgIpc) is 3.24. The standard InChI is InChI=1S/C22H37FN4O3/c23-18-5-4-17(14-19(18)26-10-12-29-13-11-26)21-24-20(25-30-21)15-6-8-27(9-7-15)22(28)16-2-1-3-16/h15-21,24-25H,1-14H2. The number of rotatable bonds is 4. The van der Waals surface area contributed by atoms with Crippen molar-refractivity contribution in [2.75, 3.05) is 39.4 Å². The van der Waals surface area contributed by atoms with Gasteiger partial charge in [-0.3, -0.25) is 19.8 Å². The van der Waals surface area contributed by atoms with Gasteiger partial charge in [-0.1, -0.05) is 6.42 Å². The van der Waals surface area contributed by atoms with Crippen LogP contribution in [0.25, 0.3) is 0 Å². The summed E-state index contributed by atoms with van der Waals surface area (Å²) in [6.45, 7) is 4.79. The lowest BCUT2D eigenvalue weighted by molar-refractivity contribution is -0.139. The van der Waals surface area contributed by atoms with Gasteiger partial charge in [0.05, 0.1) is 19.4 Å². The molecule has 5 rings (SSSR count). The SMILES string of the molecule is O=C(C1CCC1)N1CCC(C2NOC(C3CCC(F)C(N4CCOCC4)C3)N2)CC1. The molecule has 1 amide bonds. The zero-order valence-corrected chi connectivity index (χ0v) is 17.9.